The van der Waals surface area contributed by atoms with Crippen LogP contribution in [0.15, 0.2) is 46.9 Å². The number of rotatable bonds is 3. The number of aromatic nitrogens is 1. The van der Waals surface area contributed by atoms with E-state index in [0.717, 1.165) is 32.6 Å². The molecule has 0 atom stereocenters. The molecule has 0 fully saturated rings. The maximum absolute atomic E-state index is 11.3. The lowest BCUT2D eigenvalue weighted by atomic mass is 10.1. The second kappa shape index (κ2) is 6.80. The summed E-state index contributed by atoms with van der Waals surface area (Å²) in [6, 6.07) is 13.2. The number of hydrogen-bond acceptors (Lipinski definition) is 5. The van der Waals surface area contributed by atoms with Crippen LogP contribution in [0.4, 0.5) is 0 Å². The summed E-state index contributed by atoms with van der Waals surface area (Å²) in [6.45, 7) is 1.61. The van der Waals surface area contributed by atoms with Gasteiger partial charge in [-0.05, 0) is 35.9 Å². The van der Waals surface area contributed by atoms with Crippen LogP contribution in [0, 0.1) is 0 Å². The van der Waals surface area contributed by atoms with Crippen molar-refractivity contribution in [1.82, 2.24) is 4.98 Å². The van der Waals surface area contributed by atoms with Gasteiger partial charge in [0.1, 0.15) is 5.52 Å². The number of benzene rings is 2. The number of hydrogen-bond donors (Lipinski definition) is 0. The number of para-hydroxylation sites is 1. The first-order valence-electron chi connectivity index (χ1n) is 7.95. The molecule has 6 heteroatoms. The average Bonchev–Trinajstić information content (AvgIpc) is 3.06. The molecule has 0 unspecified atom stereocenters. The minimum atomic E-state index is -0.371. The Balaban J connectivity index is 1.69. The lowest BCUT2D eigenvalue weighted by Crippen LogP contribution is -2.02. The molecule has 1 aliphatic heterocycles. The van der Waals surface area contributed by atoms with Gasteiger partial charge in [0.2, 0.25) is 6.79 Å². The van der Waals surface area contributed by atoms with Crippen molar-refractivity contribution in [3.05, 3.63) is 58.2 Å². The fourth-order valence-electron chi connectivity index (χ4n) is 2.70. The van der Waals surface area contributed by atoms with E-state index < -0.39 is 0 Å². The van der Waals surface area contributed by atoms with Crippen LogP contribution in [0.25, 0.3) is 23.1 Å². The normalized spacial score (nSPS) is 12.7. The standard InChI is InChI=1S/C20H14BrNO4/c1-12(23)26-17-4-2-3-13-5-7-15(22-20(13)17)8-6-14-9-18-19(10-16(14)21)25-11-24-18/h2-10H,11H2,1H3. The van der Waals surface area contributed by atoms with E-state index in [0.29, 0.717) is 11.3 Å². The third kappa shape index (κ3) is 3.28. The molecule has 0 aliphatic carbocycles. The van der Waals surface area contributed by atoms with E-state index in [-0.39, 0.29) is 12.8 Å². The van der Waals surface area contributed by atoms with E-state index in [1.165, 1.54) is 6.92 Å². The molecule has 26 heavy (non-hydrogen) atoms. The Bertz CT molecular complexity index is 1050. The van der Waals surface area contributed by atoms with Crippen molar-refractivity contribution in [3.8, 4) is 17.2 Å². The average molecular weight is 412 g/mol. The van der Waals surface area contributed by atoms with Gasteiger partial charge in [0, 0.05) is 16.8 Å². The second-order valence-electron chi connectivity index (χ2n) is 5.72. The molecule has 0 spiro atoms. The predicted octanol–water partition coefficient (Wildman–Crippen LogP) is 4.82. The van der Waals surface area contributed by atoms with Crippen LogP contribution in [0.1, 0.15) is 18.2 Å². The molecule has 0 amide bonds. The molecule has 0 saturated carbocycles. The molecule has 130 valence electrons. The minimum absolute atomic E-state index is 0.236. The number of halogens is 1. The number of carbonyl (C=O) groups is 1. The summed E-state index contributed by atoms with van der Waals surface area (Å²) in [6.07, 6.45) is 3.83. The molecular formula is C20H14BrNO4. The van der Waals surface area contributed by atoms with Crippen molar-refractivity contribution < 1.29 is 19.0 Å². The molecule has 4 rings (SSSR count). The summed E-state index contributed by atoms with van der Waals surface area (Å²) in [5.41, 5.74) is 2.35. The van der Waals surface area contributed by atoms with Gasteiger partial charge >= 0.3 is 5.97 Å². The molecule has 2 aromatic carbocycles. The van der Waals surface area contributed by atoms with Crippen LogP contribution in [-0.4, -0.2) is 17.7 Å². The number of nitrogens with zero attached hydrogens (tertiary/aromatic N) is 1. The zero-order chi connectivity index (χ0) is 18.1. The molecule has 1 aromatic heterocycles. The smallest absolute Gasteiger partial charge is 0.308 e. The molecule has 0 N–H and O–H groups in total. The van der Waals surface area contributed by atoms with Crippen molar-refractivity contribution in [1.29, 1.82) is 0 Å². The second-order valence-corrected chi connectivity index (χ2v) is 6.57. The summed E-state index contributed by atoms with van der Waals surface area (Å²) in [4.78, 5) is 15.9. The fraction of sp³-hybridized carbons (Fsp3) is 0.100. The SMILES string of the molecule is CC(=O)Oc1cccc2ccc(C=Cc3cc4c(cc3Br)OCO4)nc12. The van der Waals surface area contributed by atoms with E-state index >= 15 is 0 Å². The Morgan fingerprint density at radius 1 is 1.15 bits per heavy atom. The molecule has 1 aliphatic rings. The maximum Gasteiger partial charge on any atom is 0.308 e. The number of ether oxygens (including phenoxy) is 3. The molecular weight excluding hydrogens is 398 g/mol. The van der Waals surface area contributed by atoms with Crippen LogP contribution in [0.5, 0.6) is 17.2 Å². The first-order chi connectivity index (χ1) is 12.6. The molecule has 3 aromatic rings. The Morgan fingerprint density at radius 3 is 2.77 bits per heavy atom. The monoisotopic (exact) mass is 411 g/mol. The highest BCUT2D eigenvalue weighted by Gasteiger charge is 2.15. The Labute approximate surface area is 158 Å². The van der Waals surface area contributed by atoms with Gasteiger partial charge in [0.05, 0.1) is 5.69 Å². The van der Waals surface area contributed by atoms with Crippen LogP contribution >= 0.6 is 15.9 Å². The van der Waals surface area contributed by atoms with Crippen molar-refractivity contribution in [2.45, 2.75) is 6.92 Å². The molecule has 5 nitrogen and oxygen atoms in total. The molecule has 0 radical (unpaired) electrons. The summed E-state index contributed by atoms with van der Waals surface area (Å²) in [5.74, 6) is 1.53. The third-order valence-corrected chi connectivity index (χ3v) is 4.57. The van der Waals surface area contributed by atoms with E-state index in [1.807, 2.05) is 48.6 Å². The Hall–Kier alpha value is -2.86. The van der Waals surface area contributed by atoms with Gasteiger partial charge in [0.25, 0.3) is 0 Å². The van der Waals surface area contributed by atoms with Gasteiger partial charge in [0.15, 0.2) is 17.2 Å². The van der Waals surface area contributed by atoms with Crippen LogP contribution in [0.2, 0.25) is 0 Å². The van der Waals surface area contributed by atoms with Crippen LogP contribution in [-0.2, 0) is 4.79 Å². The van der Waals surface area contributed by atoms with Gasteiger partial charge in [-0.2, -0.15) is 0 Å². The van der Waals surface area contributed by atoms with Gasteiger partial charge in [-0.3, -0.25) is 4.79 Å². The Kier molecular flexibility index (Phi) is 4.34. The van der Waals surface area contributed by atoms with E-state index in [1.54, 1.807) is 6.07 Å². The third-order valence-electron chi connectivity index (χ3n) is 3.88. The van der Waals surface area contributed by atoms with Crippen LogP contribution < -0.4 is 14.2 Å². The molecule has 0 bridgehead atoms. The lowest BCUT2D eigenvalue weighted by molar-refractivity contribution is -0.131. The van der Waals surface area contributed by atoms with Crippen LogP contribution in [0.3, 0.4) is 0 Å². The minimum Gasteiger partial charge on any atom is -0.454 e. The van der Waals surface area contributed by atoms with Crippen molar-refractivity contribution >= 4 is 45.0 Å². The number of pyridine rings is 1. The van der Waals surface area contributed by atoms with Crippen molar-refractivity contribution in [2.75, 3.05) is 6.79 Å². The molecule has 0 saturated heterocycles. The first-order valence-corrected chi connectivity index (χ1v) is 8.75. The van der Waals surface area contributed by atoms with Gasteiger partial charge in [-0.1, -0.05) is 40.2 Å². The predicted molar refractivity (Wildman–Crippen MR) is 102 cm³/mol. The quantitative estimate of drug-likeness (QED) is 0.456. The van der Waals surface area contributed by atoms with E-state index in [2.05, 4.69) is 20.9 Å². The number of fused-ring (bicyclic) bond motifs is 2. The van der Waals surface area contributed by atoms with Gasteiger partial charge in [-0.15, -0.1) is 0 Å². The number of carbonyl (C=O) groups excluding carboxylic acids is 1. The zero-order valence-electron chi connectivity index (χ0n) is 13.9. The summed E-state index contributed by atoms with van der Waals surface area (Å²) in [7, 11) is 0. The summed E-state index contributed by atoms with van der Waals surface area (Å²) < 4.78 is 16.9. The highest BCUT2D eigenvalue weighted by Crippen LogP contribution is 2.37. The highest BCUT2D eigenvalue weighted by molar-refractivity contribution is 9.10. The topological polar surface area (TPSA) is 57.7 Å². The first kappa shape index (κ1) is 16.6. The lowest BCUT2D eigenvalue weighted by Gasteiger charge is -2.06. The highest BCUT2D eigenvalue weighted by atomic mass is 79.9. The summed E-state index contributed by atoms with van der Waals surface area (Å²) in [5, 5.41) is 0.908. The number of esters is 1. The van der Waals surface area contributed by atoms with E-state index in [4.69, 9.17) is 14.2 Å². The maximum atomic E-state index is 11.3. The fourth-order valence-corrected chi connectivity index (χ4v) is 3.16. The van der Waals surface area contributed by atoms with E-state index in [9.17, 15) is 4.79 Å². The van der Waals surface area contributed by atoms with Gasteiger partial charge in [-0.25, -0.2) is 4.98 Å². The van der Waals surface area contributed by atoms with Crippen molar-refractivity contribution in [3.63, 3.8) is 0 Å². The summed E-state index contributed by atoms with van der Waals surface area (Å²) >= 11 is 3.54. The Morgan fingerprint density at radius 2 is 1.96 bits per heavy atom. The largest absolute Gasteiger partial charge is 0.454 e. The van der Waals surface area contributed by atoms with Gasteiger partial charge < -0.3 is 14.2 Å². The zero-order valence-corrected chi connectivity index (χ0v) is 15.4. The van der Waals surface area contributed by atoms with Crippen molar-refractivity contribution in [2.24, 2.45) is 0 Å². The molecule has 2 heterocycles.